The number of rotatable bonds is 4. The third kappa shape index (κ3) is 3.37. The van der Waals surface area contributed by atoms with Crippen molar-refractivity contribution in [1.82, 2.24) is 9.71 Å². The number of nitrogens with one attached hydrogen (secondary N) is 1. The van der Waals surface area contributed by atoms with Crippen molar-refractivity contribution in [3.8, 4) is 0 Å². The van der Waals surface area contributed by atoms with Crippen molar-refractivity contribution < 1.29 is 12.8 Å². The average molecular weight is 309 g/mol. The minimum absolute atomic E-state index is 0.0420. The molecule has 0 saturated carbocycles. The van der Waals surface area contributed by atoms with Gasteiger partial charge in [0.15, 0.2) is 5.03 Å². The monoisotopic (exact) mass is 309 g/mol. The van der Waals surface area contributed by atoms with Crippen LogP contribution in [-0.4, -0.2) is 13.4 Å². The second-order valence-corrected chi connectivity index (χ2v) is 6.45. The lowest BCUT2D eigenvalue weighted by atomic mass is 10.1. The molecular weight excluding hydrogens is 293 g/mol. The van der Waals surface area contributed by atoms with Gasteiger partial charge in [-0.05, 0) is 42.7 Å². The van der Waals surface area contributed by atoms with Crippen molar-refractivity contribution in [3.63, 3.8) is 0 Å². The van der Waals surface area contributed by atoms with Crippen LogP contribution in [0, 0.1) is 19.7 Å². The van der Waals surface area contributed by atoms with E-state index in [0.29, 0.717) is 16.7 Å². The Morgan fingerprint density at radius 2 is 1.90 bits per heavy atom. The largest absolute Gasteiger partial charge is 0.396 e. The number of aromatic nitrogens is 1. The van der Waals surface area contributed by atoms with E-state index in [-0.39, 0.29) is 23.1 Å². The lowest BCUT2D eigenvalue weighted by Crippen LogP contribution is -2.25. The van der Waals surface area contributed by atoms with Crippen LogP contribution in [0.1, 0.15) is 16.7 Å². The van der Waals surface area contributed by atoms with Crippen LogP contribution in [0.15, 0.2) is 35.5 Å². The molecule has 1 heterocycles. The molecule has 0 bridgehead atoms. The van der Waals surface area contributed by atoms with Crippen molar-refractivity contribution >= 4 is 15.7 Å². The molecule has 0 spiro atoms. The highest BCUT2D eigenvalue weighted by molar-refractivity contribution is 7.89. The van der Waals surface area contributed by atoms with Crippen molar-refractivity contribution in [2.75, 3.05) is 5.73 Å². The maximum absolute atomic E-state index is 13.5. The van der Waals surface area contributed by atoms with E-state index in [1.807, 2.05) is 0 Å². The number of benzene rings is 1. The number of halogens is 1. The summed E-state index contributed by atoms with van der Waals surface area (Å²) in [7, 11) is -3.80. The SMILES string of the molecule is Cc1cc(CNS(=O)(=O)c2ncccc2N)cc(C)c1F. The maximum atomic E-state index is 13.5. The first-order chi connectivity index (χ1) is 9.81. The molecule has 2 rings (SSSR count). The van der Waals surface area contributed by atoms with E-state index in [4.69, 9.17) is 5.73 Å². The summed E-state index contributed by atoms with van der Waals surface area (Å²) in [5.41, 5.74) is 7.31. The second kappa shape index (κ2) is 5.79. The summed E-state index contributed by atoms with van der Waals surface area (Å²) in [6.45, 7) is 3.31. The zero-order chi connectivity index (χ0) is 15.6. The Hall–Kier alpha value is -1.99. The van der Waals surface area contributed by atoms with Crippen molar-refractivity contribution in [1.29, 1.82) is 0 Å². The molecule has 0 atom stereocenters. The molecule has 0 saturated heterocycles. The fourth-order valence-corrected chi connectivity index (χ4v) is 3.08. The van der Waals surface area contributed by atoms with Crippen molar-refractivity contribution in [3.05, 3.63) is 53.0 Å². The van der Waals surface area contributed by atoms with Gasteiger partial charge in [-0.2, -0.15) is 0 Å². The van der Waals surface area contributed by atoms with E-state index in [1.54, 1.807) is 32.0 Å². The van der Waals surface area contributed by atoms with Gasteiger partial charge in [-0.15, -0.1) is 0 Å². The molecule has 0 amide bonds. The highest BCUT2D eigenvalue weighted by Gasteiger charge is 2.18. The first-order valence-corrected chi connectivity index (χ1v) is 7.75. The molecule has 112 valence electrons. The Morgan fingerprint density at radius 1 is 1.29 bits per heavy atom. The van der Waals surface area contributed by atoms with E-state index >= 15 is 0 Å². The molecule has 0 aliphatic heterocycles. The number of sulfonamides is 1. The Bertz CT molecular complexity index is 753. The maximum Gasteiger partial charge on any atom is 0.260 e. The number of nitrogens with zero attached hydrogens (tertiary/aromatic N) is 1. The lowest BCUT2D eigenvalue weighted by molar-refractivity contribution is 0.577. The van der Waals surface area contributed by atoms with Gasteiger partial charge in [-0.1, -0.05) is 12.1 Å². The van der Waals surface area contributed by atoms with Gasteiger partial charge < -0.3 is 5.73 Å². The first kappa shape index (κ1) is 15.4. The minimum Gasteiger partial charge on any atom is -0.396 e. The number of aryl methyl sites for hydroxylation is 2. The molecule has 0 aliphatic carbocycles. The van der Waals surface area contributed by atoms with E-state index in [1.165, 1.54) is 12.3 Å². The molecular formula is C14H16FN3O2S. The fourth-order valence-electron chi connectivity index (χ4n) is 2.01. The Labute approximate surface area is 123 Å². The van der Waals surface area contributed by atoms with E-state index in [0.717, 1.165) is 0 Å². The van der Waals surface area contributed by atoms with Gasteiger partial charge in [-0.25, -0.2) is 22.5 Å². The summed E-state index contributed by atoms with van der Waals surface area (Å²) < 4.78 is 40.2. The summed E-state index contributed by atoms with van der Waals surface area (Å²) in [4.78, 5) is 3.78. The zero-order valence-electron chi connectivity index (χ0n) is 11.7. The van der Waals surface area contributed by atoms with Gasteiger partial charge >= 0.3 is 0 Å². The molecule has 7 heteroatoms. The molecule has 0 radical (unpaired) electrons. The summed E-state index contributed by atoms with van der Waals surface area (Å²) in [6.07, 6.45) is 1.36. The van der Waals surface area contributed by atoms with Gasteiger partial charge in [0, 0.05) is 12.7 Å². The molecule has 0 unspecified atom stereocenters. The number of pyridine rings is 1. The van der Waals surface area contributed by atoms with Crippen molar-refractivity contribution in [2.45, 2.75) is 25.4 Å². The van der Waals surface area contributed by atoms with Crippen LogP contribution in [0.25, 0.3) is 0 Å². The quantitative estimate of drug-likeness (QED) is 0.903. The van der Waals surface area contributed by atoms with Crippen LogP contribution in [0.5, 0.6) is 0 Å². The Morgan fingerprint density at radius 3 is 2.48 bits per heavy atom. The summed E-state index contributed by atoms with van der Waals surface area (Å²) >= 11 is 0. The highest BCUT2D eigenvalue weighted by atomic mass is 32.2. The van der Waals surface area contributed by atoms with Gasteiger partial charge in [0.25, 0.3) is 10.0 Å². The fraction of sp³-hybridized carbons (Fsp3) is 0.214. The van der Waals surface area contributed by atoms with Gasteiger partial charge in [0.2, 0.25) is 0 Å². The highest BCUT2D eigenvalue weighted by Crippen LogP contribution is 2.17. The van der Waals surface area contributed by atoms with Crippen LogP contribution >= 0.6 is 0 Å². The standard InChI is InChI=1S/C14H16FN3O2S/c1-9-6-11(7-10(2)13(9)15)8-18-21(19,20)14-12(16)4-3-5-17-14/h3-7,18H,8,16H2,1-2H3. The average Bonchev–Trinajstić information content (AvgIpc) is 2.43. The molecule has 2 aromatic rings. The van der Waals surface area contributed by atoms with E-state index in [9.17, 15) is 12.8 Å². The van der Waals surface area contributed by atoms with Crippen LogP contribution in [0.3, 0.4) is 0 Å². The van der Waals surface area contributed by atoms with E-state index in [2.05, 4.69) is 9.71 Å². The van der Waals surface area contributed by atoms with Crippen LogP contribution < -0.4 is 10.5 Å². The molecule has 5 nitrogen and oxygen atoms in total. The zero-order valence-corrected chi connectivity index (χ0v) is 12.5. The predicted molar refractivity (Wildman–Crippen MR) is 78.5 cm³/mol. The summed E-state index contributed by atoms with van der Waals surface area (Å²) in [5, 5.41) is -0.208. The molecule has 3 N–H and O–H groups in total. The lowest BCUT2D eigenvalue weighted by Gasteiger charge is -2.10. The normalized spacial score (nSPS) is 11.6. The van der Waals surface area contributed by atoms with Crippen LogP contribution in [-0.2, 0) is 16.6 Å². The van der Waals surface area contributed by atoms with Gasteiger partial charge in [-0.3, -0.25) is 0 Å². The third-order valence-electron chi connectivity index (χ3n) is 3.02. The number of hydrogen-bond acceptors (Lipinski definition) is 4. The van der Waals surface area contributed by atoms with E-state index < -0.39 is 10.0 Å². The van der Waals surface area contributed by atoms with Gasteiger partial charge in [0.05, 0.1) is 5.69 Å². The second-order valence-electron chi connectivity index (χ2n) is 4.77. The molecule has 0 fully saturated rings. The molecule has 1 aromatic heterocycles. The molecule has 21 heavy (non-hydrogen) atoms. The number of nitrogen functional groups attached to an aromatic ring is 1. The first-order valence-electron chi connectivity index (χ1n) is 6.27. The van der Waals surface area contributed by atoms with Crippen LogP contribution in [0.2, 0.25) is 0 Å². The third-order valence-corrected chi connectivity index (χ3v) is 4.39. The van der Waals surface area contributed by atoms with Gasteiger partial charge in [0.1, 0.15) is 5.82 Å². The number of hydrogen-bond donors (Lipinski definition) is 2. The predicted octanol–water partition coefficient (Wildman–Crippen LogP) is 1.90. The number of anilines is 1. The number of nitrogens with two attached hydrogens (primary N) is 1. The minimum atomic E-state index is -3.80. The Balaban J connectivity index is 2.22. The van der Waals surface area contributed by atoms with Crippen molar-refractivity contribution in [2.24, 2.45) is 0 Å². The topological polar surface area (TPSA) is 85.1 Å². The molecule has 0 aliphatic rings. The smallest absolute Gasteiger partial charge is 0.260 e. The Kier molecular flexibility index (Phi) is 4.24. The summed E-state index contributed by atoms with van der Waals surface area (Å²) in [6, 6.07) is 6.23. The molecule has 1 aromatic carbocycles. The summed E-state index contributed by atoms with van der Waals surface area (Å²) in [5.74, 6) is -0.282. The van der Waals surface area contributed by atoms with Crippen LogP contribution in [0.4, 0.5) is 10.1 Å².